The van der Waals surface area contributed by atoms with Crippen LogP contribution in [-0.4, -0.2) is 5.12 Å². The molecule has 2 aromatic rings. The number of rotatable bonds is 3. The number of nitrogens with two attached hydrogens (primary N) is 2. The van der Waals surface area contributed by atoms with Gasteiger partial charge in [-0.3, -0.25) is 4.79 Å². The number of carbonyl (C=O) groups is 1. The summed E-state index contributed by atoms with van der Waals surface area (Å²) in [4.78, 5) is 10.8. The molecule has 0 radical (unpaired) electrons. The van der Waals surface area contributed by atoms with Gasteiger partial charge in [0.2, 0.25) is 5.12 Å². The van der Waals surface area contributed by atoms with E-state index in [4.69, 9.17) is 15.7 Å². The molecular weight excluding hydrogens is 260 g/mol. The first kappa shape index (κ1) is 13.3. The molecule has 98 valence electrons. The van der Waals surface area contributed by atoms with E-state index in [9.17, 15) is 4.79 Å². The summed E-state index contributed by atoms with van der Waals surface area (Å²) >= 11 is 0.764. The van der Waals surface area contributed by atoms with E-state index in [2.05, 4.69) is 0 Å². The molecule has 19 heavy (non-hydrogen) atoms. The molecule has 0 aliphatic rings. The zero-order valence-electron chi connectivity index (χ0n) is 10.4. The first-order chi connectivity index (χ1) is 9.06. The summed E-state index contributed by atoms with van der Waals surface area (Å²) in [6.07, 6.45) is 0. The third kappa shape index (κ3) is 3.42. The molecule has 0 unspecified atom stereocenters. The molecule has 0 amide bonds. The minimum Gasteiger partial charge on any atom is -0.415 e. The molecule has 0 fully saturated rings. The van der Waals surface area contributed by atoms with E-state index in [1.165, 1.54) is 6.92 Å². The Hall–Kier alpha value is -2.14. The van der Waals surface area contributed by atoms with Gasteiger partial charge in [0.15, 0.2) is 5.75 Å². The van der Waals surface area contributed by atoms with Gasteiger partial charge in [0, 0.05) is 12.6 Å². The van der Waals surface area contributed by atoms with Gasteiger partial charge < -0.3 is 15.7 Å². The topological polar surface area (TPSA) is 78.3 Å². The van der Waals surface area contributed by atoms with Crippen molar-refractivity contribution in [2.45, 2.75) is 6.92 Å². The predicted molar refractivity (Wildman–Crippen MR) is 79.6 cm³/mol. The summed E-state index contributed by atoms with van der Waals surface area (Å²) in [7, 11) is 0. The highest BCUT2D eigenvalue weighted by Crippen LogP contribution is 2.31. The summed E-state index contributed by atoms with van der Waals surface area (Å²) < 4.78 is 5.23. The monoisotopic (exact) mass is 274 g/mol. The van der Waals surface area contributed by atoms with Gasteiger partial charge in [0.1, 0.15) is 12.0 Å². The zero-order valence-corrected chi connectivity index (χ0v) is 11.2. The van der Waals surface area contributed by atoms with E-state index >= 15 is 0 Å². The maximum atomic E-state index is 10.8. The van der Waals surface area contributed by atoms with Crippen molar-refractivity contribution < 1.29 is 8.98 Å². The Bertz CT molecular complexity index is 614. The number of hydrogen-bond donors (Lipinski definition) is 2. The predicted octanol–water partition coefficient (Wildman–Crippen LogP) is 3.09. The highest BCUT2D eigenvalue weighted by Gasteiger charge is 2.06. The lowest BCUT2D eigenvalue weighted by molar-refractivity contribution is -0.109. The second-order valence-electron chi connectivity index (χ2n) is 4.04. The van der Waals surface area contributed by atoms with Crippen molar-refractivity contribution in [3.63, 3.8) is 0 Å². The Kier molecular flexibility index (Phi) is 3.97. The van der Waals surface area contributed by atoms with Crippen LogP contribution in [0.4, 0.5) is 11.4 Å². The minimum absolute atomic E-state index is 0.126. The van der Waals surface area contributed by atoms with Crippen LogP contribution in [0, 0.1) is 0 Å². The smallest absolute Gasteiger partial charge is 0.224 e. The molecule has 0 aliphatic carbocycles. The van der Waals surface area contributed by atoms with E-state index in [0.29, 0.717) is 17.1 Å². The van der Waals surface area contributed by atoms with Gasteiger partial charge in [-0.1, -0.05) is 18.2 Å². The normalized spacial score (nSPS) is 10.2. The van der Waals surface area contributed by atoms with Gasteiger partial charge in [0.25, 0.3) is 0 Å². The van der Waals surface area contributed by atoms with Gasteiger partial charge in [-0.2, -0.15) is 0 Å². The van der Waals surface area contributed by atoms with E-state index in [-0.39, 0.29) is 5.12 Å². The van der Waals surface area contributed by atoms with Gasteiger partial charge >= 0.3 is 0 Å². The molecule has 2 rings (SSSR count). The Morgan fingerprint density at radius 3 is 2.47 bits per heavy atom. The molecule has 0 bridgehead atoms. The van der Waals surface area contributed by atoms with Crippen LogP contribution in [0.25, 0.3) is 11.1 Å². The number of hydrogen-bond acceptors (Lipinski definition) is 5. The Morgan fingerprint density at radius 1 is 1.11 bits per heavy atom. The van der Waals surface area contributed by atoms with E-state index in [1.54, 1.807) is 12.1 Å². The van der Waals surface area contributed by atoms with Crippen molar-refractivity contribution in [3.8, 4) is 16.9 Å². The van der Waals surface area contributed by atoms with E-state index < -0.39 is 0 Å². The highest BCUT2D eigenvalue weighted by atomic mass is 32.2. The number of benzene rings is 2. The molecule has 0 saturated carbocycles. The first-order valence-electron chi connectivity index (χ1n) is 5.67. The largest absolute Gasteiger partial charge is 0.415 e. The maximum absolute atomic E-state index is 10.8. The number of carbonyl (C=O) groups excluding carboxylic acids is 1. The molecule has 0 saturated heterocycles. The SMILES string of the molecule is CC(=O)SOc1ccc(-c2cccc(N)c2)cc1N. The molecule has 4 nitrogen and oxygen atoms in total. The Morgan fingerprint density at radius 2 is 1.84 bits per heavy atom. The first-order valence-corrected chi connectivity index (χ1v) is 6.41. The summed E-state index contributed by atoms with van der Waals surface area (Å²) in [6.45, 7) is 1.43. The quantitative estimate of drug-likeness (QED) is 0.664. The second-order valence-corrected chi connectivity index (χ2v) is 4.94. The molecule has 4 N–H and O–H groups in total. The lowest BCUT2D eigenvalue weighted by atomic mass is 10.0. The molecular formula is C14H14N2O2S. The van der Waals surface area contributed by atoms with Crippen molar-refractivity contribution in [2.75, 3.05) is 11.5 Å². The molecule has 0 atom stereocenters. The third-order valence-corrected chi connectivity index (χ3v) is 2.98. The third-order valence-electron chi connectivity index (χ3n) is 2.48. The average molecular weight is 274 g/mol. The second kappa shape index (κ2) is 5.67. The van der Waals surface area contributed by atoms with Crippen LogP contribution in [0.5, 0.6) is 5.75 Å². The van der Waals surface area contributed by atoms with Crippen LogP contribution in [0.15, 0.2) is 42.5 Å². The van der Waals surface area contributed by atoms with Gasteiger partial charge in [-0.25, -0.2) is 0 Å². The minimum atomic E-state index is -0.126. The Balaban J connectivity index is 2.26. The summed E-state index contributed by atoms with van der Waals surface area (Å²) in [5, 5.41) is -0.126. The van der Waals surface area contributed by atoms with E-state index in [1.807, 2.05) is 30.3 Å². The summed E-state index contributed by atoms with van der Waals surface area (Å²) in [5.41, 5.74) is 14.8. The Labute approximate surface area is 116 Å². The van der Waals surface area contributed by atoms with Crippen LogP contribution in [0.1, 0.15) is 6.92 Å². The molecule has 0 aromatic heterocycles. The van der Waals surface area contributed by atoms with Gasteiger partial charge in [0.05, 0.1) is 5.69 Å². The highest BCUT2D eigenvalue weighted by molar-refractivity contribution is 8.09. The molecule has 5 heteroatoms. The fourth-order valence-electron chi connectivity index (χ4n) is 1.63. The van der Waals surface area contributed by atoms with Gasteiger partial charge in [-0.15, -0.1) is 0 Å². The van der Waals surface area contributed by atoms with Crippen LogP contribution >= 0.6 is 12.0 Å². The number of nitrogen functional groups attached to an aromatic ring is 2. The molecule has 0 heterocycles. The van der Waals surface area contributed by atoms with Crippen molar-refractivity contribution >= 4 is 28.5 Å². The lowest BCUT2D eigenvalue weighted by Crippen LogP contribution is -1.94. The molecule has 0 spiro atoms. The average Bonchev–Trinajstić information content (AvgIpc) is 2.37. The summed E-state index contributed by atoms with van der Waals surface area (Å²) in [6, 6.07) is 13.0. The summed E-state index contributed by atoms with van der Waals surface area (Å²) in [5.74, 6) is 0.479. The zero-order chi connectivity index (χ0) is 13.8. The molecule has 2 aromatic carbocycles. The fraction of sp³-hybridized carbons (Fsp3) is 0.0714. The van der Waals surface area contributed by atoms with Crippen molar-refractivity contribution in [1.82, 2.24) is 0 Å². The lowest BCUT2D eigenvalue weighted by Gasteiger charge is -2.08. The van der Waals surface area contributed by atoms with Crippen LogP contribution in [0.2, 0.25) is 0 Å². The standard InChI is InChI=1S/C14H14N2O2S/c1-9(17)19-18-14-6-5-11(8-13(14)16)10-3-2-4-12(15)7-10/h2-8H,15-16H2,1H3. The van der Waals surface area contributed by atoms with Crippen molar-refractivity contribution in [3.05, 3.63) is 42.5 Å². The van der Waals surface area contributed by atoms with Crippen LogP contribution in [0.3, 0.4) is 0 Å². The van der Waals surface area contributed by atoms with Crippen molar-refractivity contribution in [2.24, 2.45) is 0 Å². The van der Waals surface area contributed by atoms with Gasteiger partial charge in [-0.05, 0) is 35.4 Å². The fourth-order valence-corrected chi connectivity index (χ4v) is 1.98. The van der Waals surface area contributed by atoms with Crippen molar-refractivity contribution in [1.29, 1.82) is 0 Å². The maximum Gasteiger partial charge on any atom is 0.224 e. The van der Waals surface area contributed by atoms with Crippen LogP contribution < -0.4 is 15.7 Å². The number of anilines is 2. The van der Waals surface area contributed by atoms with Crippen LogP contribution in [-0.2, 0) is 4.79 Å². The van der Waals surface area contributed by atoms with E-state index in [0.717, 1.165) is 23.2 Å². The molecule has 0 aliphatic heterocycles.